The molecule has 0 saturated heterocycles. The fourth-order valence-corrected chi connectivity index (χ4v) is 2.84. The summed E-state index contributed by atoms with van der Waals surface area (Å²) in [5.74, 6) is 0.234. The van der Waals surface area contributed by atoms with Crippen molar-refractivity contribution in [2.45, 2.75) is 17.7 Å². The van der Waals surface area contributed by atoms with E-state index in [4.69, 9.17) is 0 Å². The number of fused-ring (bicyclic) bond motifs is 3. The van der Waals surface area contributed by atoms with Crippen LogP contribution in [0.25, 0.3) is 10.8 Å². The lowest BCUT2D eigenvalue weighted by molar-refractivity contribution is 0.0983. The summed E-state index contributed by atoms with van der Waals surface area (Å²) in [5, 5.41) is 2.24. The first-order chi connectivity index (χ1) is 7.77. The highest BCUT2D eigenvalue weighted by molar-refractivity contribution is 9.10. The third kappa shape index (κ3) is 1.40. The normalized spacial score (nSPS) is 19.8. The summed E-state index contributed by atoms with van der Waals surface area (Å²) in [6.45, 7) is 0. The molecular formula is C14H11BrO. The van der Waals surface area contributed by atoms with Crippen LogP contribution in [0.1, 0.15) is 22.3 Å². The van der Waals surface area contributed by atoms with Crippen molar-refractivity contribution in [1.29, 1.82) is 0 Å². The highest BCUT2D eigenvalue weighted by Gasteiger charge is 2.26. The fraction of sp³-hybridized carbons (Fsp3) is 0.214. The molecule has 80 valence electrons. The van der Waals surface area contributed by atoms with Crippen LogP contribution in [-0.4, -0.2) is 10.6 Å². The largest absolute Gasteiger partial charge is 0.293 e. The first-order valence-electron chi connectivity index (χ1n) is 5.46. The first kappa shape index (κ1) is 10.0. The zero-order chi connectivity index (χ0) is 11.1. The zero-order valence-corrected chi connectivity index (χ0v) is 10.3. The molecule has 1 nitrogen and oxygen atoms in total. The van der Waals surface area contributed by atoms with E-state index in [1.165, 1.54) is 5.56 Å². The maximum atomic E-state index is 12.2. The fourth-order valence-electron chi connectivity index (χ4n) is 2.39. The maximum absolute atomic E-state index is 12.2. The highest BCUT2D eigenvalue weighted by atomic mass is 79.9. The Morgan fingerprint density at radius 1 is 1.12 bits per heavy atom. The van der Waals surface area contributed by atoms with E-state index in [2.05, 4.69) is 34.1 Å². The van der Waals surface area contributed by atoms with Crippen molar-refractivity contribution >= 4 is 32.5 Å². The van der Waals surface area contributed by atoms with E-state index in [9.17, 15) is 4.79 Å². The molecule has 0 aliphatic heterocycles. The van der Waals surface area contributed by atoms with E-state index < -0.39 is 0 Å². The molecule has 0 saturated carbocycles. The smallest absolute Gasteiger partial charge is 0.177 e. The standard InChI is InChI=1S/C14H11BrO/c15-12-8-7-10-6-5-9-3-1-2-4-11(9)13(10)14(12)16/h1-6,12H,7-8H2. The van der Waals surface area contributed by atoms with Crippen LogP contribution in [0.5, 0.6) is 0 Å². The zero-order valence-electron chi connectivity index (χ0n) is 8.74. The van der Waals surface area contributed by atoms with E-state index >= 15 is 0 Å². The second kappa shape index (κ2) is 3.70. The summed E-state index contributed by atoms with van der Waals surface area (Å²) in [4.78, 5) is 12.2. The van der Waals surface area contributed by atoms with Gasteiger partial charge in [-0.2, -0.15) is 0 Å². The first-order valence-corrected chi connectivity index (χ1v) is 6.38. The van der Waals surface area contributed by atoms with E-state index in [-0.39, 0.29) is 10.6 Å². The Bertz CT molecular complexity index is 574. The number of hydrogen-bond donors (Lipinski definition) is 0. The van der Waals surface area contributed by atoms with Gasteiger partial charge in [-0.05, 0) is 29.2 Å². The van der Waals surface area contributed by atoms with Gasteiger partial charge >= 0.3 is 0 Å². The molecule has 2 aromatic carbocycles. The number of carbonyl (C=O) groups is 1. The Hall–Kier alpha value is -1.15. The van der Waals surface area contributed by atoms with Crippen LogP contribution in [0.3, 0.4) is 0 Å². The quantitative estimate of drug-likeness (QED) is 0.669. The molecule has 1 unspecified atom stereocenters. The molecule has 3 rings (SSSR count). The Kier molecular flexibility index (Phi) is 2.32. The maximum Gasteiger partial charge on any atom is 0.177 e. The van der Waals surface area contributed by atoms with Crippen LogP contribution in [0, 0.1) is 0 Å². The molecule has 1 atom stereocenters. The van der Waals surface area contributed by atoms with Crippen molar-refractivity contribution in [3.63, 3.8) is 0 Å². The molecule has 0 aromatic heterocycles. The van der Waals surface area contributed by atoms with Gasteiger partial charge in [-0.1, -0.05) is 52.3 Å². The van der Waals surface area contributed by atoms with Crippen molar-refractivity contribution in [3.8, 4) is 0 Å². The van der Waals surface area contributed by atoms with Gasteiger partial charge in [-0.3, -0.25) is 4.79 Å². The van der Waals surface area contributed by atoms with E-state index in [0.717, 1.165) is 29.2 Å². The second-order valence-corrected chi connectivity index (χ2v) is 5.30. The van der Waals surface area contributed by atoms with Gasteiger partial charge in [0.25, 0.3) is 0 Å². The Labute approximate surface area is 103 Å². The highest BCUT2D eigenvalue weighted by Crippen LogP contribution is 2.31. The predicted molar refractivity (Wildman–Crippen MR) is 69.3 cm³/mol. The van der Waals surface area contributed by atoms with Gasteiger partial charge in [0.1, 0.15) is 0 Å². The van der Waals surface area contributed by atoms with Crippen LogP contribution in [0.4, 0.5) is 0 Å². The molecule has 2 aromatic rings. The van der Waals surface area contributed by atoms with Gasteiger partial charge in [0.05, 0.1) is 4.83 Å². The lowest BCUT2D eigenvalue weighted by Crippen LogP contribution is -2.22. The van der Waals surface area contributed by atoms with Crippen LogP contribution in [0.15, 0.2) is 36.4 Å². The topological polar surface area (TPSA) is 17.1 Å². The number of rotatable bonds is 0. The van der Waals surface area contributed by atoms with Gasteiger partial charge in [-0.15, -0.1) is 0 Å². The predicted octanol–water partition coefficient (Wildman–Crippen LogP) is 3.73. The number of benzene rings is 2. The average Bonchev–Trinajstić information content (AvgIpc) is 2.33. The third-order valence-corrected chi connectivity index (χ3v) is 4.09. The average molecular weight is 275 g/mol. The van der Waals surface area contributed by atoms with Gasteiger partial charge in [0.2, 0.25) is 0 Å². The number of ketones is 1. The Balaban J connectivity index is 2.36. The number of aryl methyl sites for hydroxylation is 1. The molecule has 2 heteroatoms. The molecule has 0 spiro atoms. The van der Waals surface area contributed by atoms with Gasteiger partial charge in [-0.25, -0.2) is 0 Å². The number of hydrogen-bond acceptors (Lipinski definition) is 1. The molecule has 0 heterocycles. The van der Waals surface area contributed by atoms with E-state index in [1.807, 2.05) is 18.2 Å². The van der Waals surface area contributed by atoms with Gasteiger partial charge in [0.15, 0.2) is 5.78 Å². The second-order valence-electron chi connectivity index (χ2n) is 4.19. The van der Waals surface area contributed by atoms with E-state index in [1.54, 1.807) is 0 Å². The summed E-state index contributed by atoms with van der Waals surface area (Å²) >= 11 is 3.46. The minimum Gasteiger partial charge on any atom is -0.293 e. The molecule has 1 aliphatic rings. The van der Waals surface area contributed by atoms with Crippen molar-refractivity contribution in [3.05, 3.63) is 47.5 Å². The number of alkyl halides is 1. The molecule has 0 bridgehead atoms. The third-order valence-electron chi connectivity index (χ3n) is 3.21. The number of halogens is 1. The van der Waals surface area contributed by atoms with Crippen molar-refractivity contribution < 1.29 is 4.79 Å². The van der Waals surface area contributed by atoms with Gasteiger partial charge < -0.3 is 0 Å². The number of Topliss-reactive ketones (excluding diaryl/α,β-unsaturated/α-hetero) is 1. The van der Waals surface area contributed by atoms with Gasteiger partial charge in [0, 0.05) is 5.56 Å². The molecule has 0 radical (unpaired) electrons. The monoisotopic (exact) mass is 274 g/mol. The minimum atomic E-state index is -0.00851. The molecule has 16 heavy (non-hydrogen) atoms. The summed E-state index contributed by atoms with van der Waals surface area (Å²) < 4.78 is 0. The molecule has 1 aliphatic carbocycles. The van der Waals surface area contributed by atoms with Crippen molar-refractivity contribution in [2.75, 3.05) is 0 Å². The summed E-state index contributed by atoms with van der Waals surface area (Å²) in [6.07, 6.45) is 1.89. The van der Waals surface area contributed by atoms with Crippen LogP contribution in [0.2, 0.25) is 0 Å². The van der Waals surface area contributed by atoms with Crippen molar-refractivity contribution in [2.24, 2.45) is 0 Å². The molecular weight excluding hydrogens is 264 g/mol. The van der Waals surface area contributed by atoms with E-state index in [0.29, 0.717) is 0 Å². The molecule has 0 fully saturated rings. The summed E-state index contributed by atoms with van der Waals surface area (Å²) in [6, 6.07) is 12.3. The van der Waals surface area contributed by atoms with Crippen LogP contribution < -0.4 is 0 Å². The minimum absolute atomic E-state index is 0.00851. The SMILES string of the molecule is O=C1c2c(ccc3ccccc23)CCC1Br. The van der Waals surface area contributed by atoms with Crippen LogP contribution >= 0.6 is 15.9 Å². The Morgan fingerprint density at radius 2 is 1.94 bits per heavy atom. The molecule has 0 N–H and O–H groups in total. The Morgan fingerprint density at radius 3 is 2.81 bits per heavy atom. The summed E-state index contributed by atoms with van der Waals surface area (Å²) in [5.41, 5.74) is 2.12. The lowest BCUT2D eigenvalue weighted by atomic mass is 9.87. The summed E-state index contributed by atoms with van der Waals surface area (Å²) in [7, 11) is 0. The van der Waals surface area contributed by atoms with Crippen molar-refractivity contribution in [1.82, 2.24) is 0 Å². The number of carbonyl (C=O) groups excluding carboxylic acids is 1. The lowest BCUT2D eigenvalue weighted by Gasteiger charge is -2.20. The van der Waals surface area contributed by atoms with Crippen LogP contribution in [-0.2, 0) is 6.42 Å². The molecule has 0 amide bonds.